The van der Waals surface area contributed by atoms with Crippen LogP contribution in [0.4, 0.5) is 26.3 Å². The van der Waals surface area contributed by atoms with Gasteiger partial charge in [-0.15, -0.1) is 0 Å². The van der Waals surface area contributed by atoms with Crippen molar-refractivity contribution in [1.82, 2.24) is 24.9 Å². The summed E-state index contributed by atoms with van der Waals surface area (Å²) in [6, 6.07) is 1.80. The molecule has 3 atom stereocenters. The molecule has 3 N–H and O–H groups in total. The van der Waals surface area contributed by atoms with Gasteiger partial charge in [0.25, 0.3) is 5.91 Å². The normalized spacial score (nSPS) is 21.3. The van der Waals surface area contributed by atoms with Gasteiger partial charge in [0.1, 0.15) is 5.82 Å². The zero-order valence-corrected chi connectivity index (χ0v) is 19.6. The topological polar surface area (TPSA) is 160 Å². The number of ether oxygens (including phenoxy) is 1. The number of nitrogens with zero attached hydrogens (tertiary/aromatic N) is 4. The van der Waals surface area contributed by atoms with Crippen LogP contribution in [-0.4, -0.2) is 91.4 Å². The molecule has 18 heteroatoms. The predicted molar refractivity (Wildman–Crippen MR) is 112 cm³/mol. The van der Waals surface area contributed by atoms with E-state index in [1.807, 2.05) is 24.0 Å². The van der Waals surface area contributed by atoms with Crippen LogP contribution in [0, 0.1) is 0 Å². The summed E-state index contributed by atoms with van der Waals surface area (Å²) in [6.45, 7) is 2.23. The number of carbonyl (C=O) groups is 3. The molecule has 2 aliphatic heterocycles. The maximum Gasteiger partial charge on any atom is 0.490 e. The number of alkyl halides is 6. The minimum absolute atomic E-state index is 0.00545. The molecule has 212 valence electrons. The second-order valence-corrected chi connectivity index (χ2v) is 7.99. The summed E-state index contributed by atoms with van der Waals surface area (Å²) >= 11 is 0. The number of nitrogens with one attached hydrogen (secondary N) is 1. The molecule has 2 aromatic rings. The monoisotopic (exact) mass is 559 g/mol. The van der Waals surface area contributed by atoms with Gasteiger partial charge in [-0.05, 0) is 12.8 Å². The SMILES string of the molecule is Cn1ccnc1CN1C[C@@H](NC(=O)c2ccno2)[C@@H]2OCCC[C@@H]21.O=C(O)C(F)(F)F.O=C(O)C(F)(F)F. The Morgan fingerprint density at radius 3 is 2.18 bits per heavy atom. The molecular formula is C20H23F6N5O7. The minimum atomic E-state index is -5.08. The number of halogens is 6. The van der Waals surface area contributed by atoms with Gasteiger partial charge in [-0.25, -0.2) is 14.6 Å². The van der Waals surface area contributed by atoms with Crippen molar-refractivity contribution in [2.24, 2.45) is 7.05 Å². The fraction of sp³-hybridized carbons (Fsp3) is 0.550. The van der Waals surface area contributed by atoms with Crippen LogP contribution in [0.5, 0.6) is 0 Å². The van der Waals surface area contributed by atoms with Crippen molar-refractivity contribution in [3.63, 3.8) is 0 Å². The van der Waals surface area contributed by atoms with Crippen LogP contribution in [0.25, 0.3) is 0 Å². The van der Waals surface area contributed by atoms with E-state index in [1.54, 1.807) is 6.07 Å². The second-order valence-electron chi connectivity index (χ2n) is 7.99. The first kappa shape index (κ1) is 30.6. The highest BCUT2D eigenvalue weighted by Crippen LogP contribution is 2.30. The Morgan fingerprint density at radius 2 is 1.71 bits per heavy atom. The lowest BCUT2D eigenvalue weighted by molar-refractivity contribution is -0.193. The summed E-state index contributed by atoms with van der Waals surface area (Å²) in [6.07, 6.45) is -2.82. The summed E-state index contributed by atoms with van der Waals surface area (Å²) in [4.78, 5) is 36.8. The third-order valence-electron chi connectivity index (χ3n) is 5.36. The highest BCUT2D eigenvalue weighted by molar-refractivity contribution is 5.91. The fourth-order valence-electron chi connectivity index (χ4n) is 3.67. The van der Waals surface area contributed by atoms with Gasteiger partial charge >= 0.3 is 24.3 Å². The quantitative estimate of drug-likeness (QED) is 0.472. The number of imidazole rings is 1. The van der Waals surface area contributed by atoms with Gasteiger partial charge < -0.3 is 29.4 Å². The molecule has 2 aromatic heterocycles. The fourth-order valence-corrected chi connectivity index (χ4v) is 3.67. The number of aryl methyl sites for hydroxylation is 1. The molecule has 0 aromatic carbocycles. The molecule has 38 heavy (non-hydrogen) atoms. The number of carboxylic acid groups (broad SMARTS) is 2. The van der Waals surface area contributed by atoms with Crippen molar-refractivity contribution in [1.29, 1.82) is 0 Å². The van der Waals surface area contributed by atoms with Gasteiger partial charge in [-0.2, -0.15) is 26.3 Å². The Labute approximate surface area is 210 Å². The van der Waals surface area contributed by atoms with E-state index in [0.29, 0.717) is 6.04 Å². The molecule has 0 saturated carbocycles. The first-order chi connectivity index (χ1) is 17.6. The maximum absolute atomic E-state index is 12.3. The molecule has 2 saturated heterocycles. The number of carbonyl (C=O) groups excluding carboxylic acids is 1. The first-order valence-corrected chi connectivity index (χ1v) is 10.7. The third-order valence-corrected chi connectivity index (χ3v) is 5.36. The van der Waals surface area contributed by atoms with Crippen molar-refractivity contribution in [2.45, 2.75) is 49.9 Å². The maximum atomic E-state index is 12.3. The van der Waals surface area contributed by atoms with Gasteiger partial charge in [0.2, 0.25) is 5.76 Å². The molecule has 4 rings (SSSR count). The van der Waals surface area contributed by atoms with Crippen LogP contribution < -0.4 is 5.32 Å². The number of rotatable bonds is 4. The lowest BCUT2D eigenvalue weighted by Crippen LogP contribution is -2.47. The minimum Gasteiger partial charge on any atom is -0.475 e. The van der Waals surface area contributed by atoms with Crippen LogP contribution in [0.1, 0.15) is 29.2 Å². The molecule has 1 amide bonds. The zero-order chi connectivity index (χ0) is 28.7. The Bertz CT molecular complexity index is 1050. The first-order valence-electron chi connectivity index (χ1n) is 10.7. The van der Waals surface area contributed by atoms with Gasteiger partial charge in [0, 0.05) is 44.7 Å². The van der Waals surface area contributed by atoms with Crippen LogP contribution in [0.15, 0.2) is 29.2 Å². The van der Waals surface area contributed by atoms with E-state index in [0.717, 1.165) is 38.4 Å². The number of amides is 1. The van der Waals surface area contributed by atoms with Crippen molar-refractivity contribution < 1.29 is 60.2 Å². The molecule has 2 aliphatic rings. The van der Waals surface area contributed by atoms with Crippen LogP contribution >= 0.6 is 0 Å². The zero-order valence-electron chi connectivity index (χ0n) is 19.6. The molecule has 0 spiro atoms. The summed E-state index contributed by atoms with van der Waals surface area (Å²) in [5.74, 6) is -4.52. The Balaban J connectivity index is 0.000000301. The standard InChI is InChI=1S/C16H21N5O3.2C2HF3O2/c1-20-7-6-17-14(20)10-21-9-11(15-12(21)3-2-8-23-15)19-16(22)13-4-5-18-24-13;2*3-2(4,5)1(6)7/h4-7,11-12,15H,2-3,8-10H2,1H3,(H,19,22);2*(H,6,7)/t11-,12+,15+;;/m1../s1. The van der Waals surface area contributed by atoms with Crippen molar-refractivity contribution in [3.8, 4) is 0 Å². The Kier molecular flexibility index (Phi) is 10.2. The van der Waals surface area contributed by atoms with Crippen molar-refractivity contribution in [2.75, 3.05) is 13.2 Å². The number of aliphatic carboxylic acids is 2. The van der Waals surface area contributed by atoms with E-state index in [1.165, 1.54) is 6.20 Å². The average Bonchev–Trinajstić information content (AvgIpc) is 3.56. The number of hydrogen-bond acceptors (Lipinski definition) is 8. The Hall–Kier alpha value is -3.67. The number of likely N-dealkylation sites (tertiary alicyclic amines) is 1. The van der Waals surface area contributed by atoms with E-state index in [-0.39, 0.29) is 23.8 Å². The summed E-state index contributed by atoms with van der Waals surface area (Å²) in [5, 5.41) is 20.9. The summed E-state index contributed by atoms with van der Waals surface area (Å²) in [5.41, 5.74) is 0. The largest absolute Gasteiger partial charge is 0.490 e. The molecule has 12 nitrogen and oxygen atoms in total. The van der Waals surface area contributed by atoms with Crippen LogP contribution in [0.3, 0.4) is 0 Å². The molecule has 2 fully saturated rings. The molecule has 0 unspecified atom stereocenters. The number of fused-ring (bicyclic) bond motifs is 1. The number of carboxylic acids is 2. The van der Waals surface area contributed by atoms with Crippen LogP contribution in [-0.2, 0) is 27.9 Å². The summed E-state index contributed by atoms with van der Waals surface area (Å²) in [7, 11) is 2.00. The Morgan fingerprint density at radius 1 is 1.11 bits per heavy atom. The van der Waals surface area contributed by atoms with Crippen LogP contribution in [0.2, 0.25) is 0 Å². The molecule has 0 radical (unpaired) electrons. The molecular weight excluding hydrogens is 536 g/mol. The second kappa shape index (κ2) is 12.7. The highest BCUT2D eigenvalue weighted by Gasteiger charge is 2.45. The highest BCUT2D eigenvalue weighted by atomic mass is 19.4. The van der Waals surface area contributed by atoms with Gasteiger partial charge in [-0.1, -0.05) is 5.16 Å². The average molecular weight is 559 g/mol. The number of aromatic nitrogens is 3. The molecule has 4 heterocycles. The van der Waals surface area contributed by atoms with E-state index in [4.69, 9.17) is 29.1 Å². The predicted octanol–water partition coefficient (Wildman–Crippen LogP) is 1.84. The van der Waals surface area contributed by atoms with E-state index in [9.17, 15) is 31.1 Å². The van der Waals surface area contributed by atoms with E-state index >= 15 is 0 Å². The number of hydrogen-bond donors (Lipinski definition) is 3. The molecule has 0 aliphatic carbocycles. The lowest BCUT2D eigenvalue weighted by atomic mass is 10.0. The van der Waals surface area contributed by atoms with Crippen molar-refractivity contribution in [3.05, 3.63) is 36.2 Å². The summed E-state index contributed by atoms with van der Waals surface area (Å²) < 4.78 is 76.4. The molecule has 0 bridgehead atoms. The third kappa shape index (κ3) is 8.72. The van der Waals surface area contributed by atoms with E-state index in [2.05, 4.69) is 20.4 Å². The van der Waals surface area contributed by atoms with Crippen molar-refractivity contribution >= 4 is 17.8 Å². The van der Waals surface area contributed by atoms with Gasteiger partial charge in [0.05, 0.1) is 24.9 Å². The van der Waals surface area contributed by atoms with Gasteiger partial charge in [0.15, 0.2) is 0 Å². The lowest BCUT2D eigenvalue weighted by Gasteiger charge is -2.32. The van der Waals surface area contributed by atoms with E-state index < -0.39 is 24.3 Å². The van der Waals surface area contributed by atoms with Gasteiger partial charge in [-0.3, -0.25) is 9.69 Å². The smallest absolute Gasteiger partial charge is 0.475 e.